The van der Waals surface area contributed by atoms with Gasteiger partial charge in [-0.2, -0.15) is 12.6 Å². The lowest BCUT2D eigenvalue weighted by Crippen LogP contribution is -2.55. The summed E-state index contributed by atoms with van der Waals surface area (Å²) >= 11 is 4.26. The molecule has 1 fully saturated rings. The summed E-state index contributed by atoms with van der Waals surface area (Å²) in [7, 11) is 1.23. The average molecular weight is 480 g/mol. The molecular weight excluding hydrogens is 446 g/mol. The molecule has 3 amide bonds. The summed E-state index contributed by atoms with van der Waals surface area (Å²) in [5, 5.41) is 5.13. The zero-order valence-electron chi connectivity index (χ0n) is 19.7. The van der Waals surface area contributed by atoms with Crippen LogP contribution in [0.1, 0.15) is 45.7 Å². The highest BCUT2D eigenvalue weighted by Gasteiger charge is 2.48. The highest BCUT2D eigenvalue weighted by Crippen LogP contribution is 2.40. The molecule has 182 valence electrons. The Kier molecular flexibility index (Phi) is 9.16. The lowest BCUT2D eigenvalue weighted by molar-refractivity contribution is -0.145. The van der Waals surface area contributed by atoms with Crippen LogP contribution in [0.5, 0.6) is 0 Å². The van der Waals surface area contributed by atoms with Gasteiger partial charge < -0.3 is 25.0 Å². The molecule has 9 nitrogen and oxygen atoms in total. The summed E-state index contributed by atoms with van der Waals surface area (Å²) in [6.45, 7) is 6.82. The molecule has 0 bridgehead atoms. The number of benzene rings is 1. The van der Waals surface area contributed by atoms with Crippen molar-refractivity contribution in [2.75, 3.05) is 19.4 Å². The summed E-state index contributed by atoms with van der Waals surface area (Å²) < 4.78 is 9.89. The maximum absolute atomic E-state index is 13.7. The Balaban J connectivity index is 2.35. The number of nitrogens with zero attached hydrogens (tertiary/aromatic N) is 1. The largest absolute Gasteiger partial charge is 0.468 e. The van der Waals surface area contributed by atoms with Crippen LogP contribution in [0.3, 0.4) is 0 Å². The van der Waals surface area contributed by atoms with Gasteiger partial charge in [-0.15, -0.1) is 0 Å². The topological polar surface area (TPSA) is 114 Å². The third-order valence-corrected chi connectivity index (χ3v) is 5.49. The van der Waals surface area contributed by atoms with E-state index in [1.165, 1.54) is 12.0 Å². The molecule has 1 saturated carbocycles. The molecule has 2 N–H and O–H groups in total. The molecule has 1 aromatic carbocycles. The quantitative estimate of drug-likeness (QED) is 0.369. The minimum Gasteiger partial charge on any atom is -0.468 e. The fourth-order valence-corrected chi connectivity index (χ4v) is 3.64. The smallest absolute Gasteiger partial charge is 0.408 e. The third-order valence-electron chi connectivity index (χ3n) is 5.13. The van der Waals surface area contributed by atoms with Crippen LogP contribution in [0.15, 0.2) is 30.3 Å². The molecule has 4 atom stereocenters. The van der Waals surface area contributed by atoms with Crippen LogP contribution < -0.4 is 10.6 Å². The van der Waals surface area contributed by atoms with Crippen LogP contribution >= 0.6 is 12.6 Å². The van der Waals surface area contributed by atoms with E-state index >= 15 is 0 Å². The first-order chi connectivity index (χ1) is 15.5. The van der Waals surface area contributed by atoms with Gasteiger partial charge in [0.2, 0.25) is 11.8 Å². The Morgan fingerprint density at radius 2 is 1.79 bits per heavy atom. The number of nitrogens with one attached hydrogen (secondary N) is 2. The molecule has 33 heavy (non-hydrogen) atoms. The van der Waals surface area contributed by atoms with Gasteiger partial charge in [-0.05, 0) is 38.7 Å². The molecule has 0 radical (unpaired) electrons. The molecule has 1 aromatic rings. The number of thiol groups is 1. The molecule has 4 unspecified atom stereocenters. The zero-order valence-corrected chi connectivity index (χ0v) is 20.6. The van der Waals surface area contributed by atoms with Crippen molar-refractivity contribution in [2.24, 2.45) is 5.92 Å². The minimum absolute atomic E-state index is 0.0148. The number of alkyl carbamates (subject to hydrolysis) is 1. The van der Waals surface area contributed by atoms with Crippen LogP contribution in [0.2, 0.25) is 0 Å². The fourth-order valence-electron chi connectivity index (χ4n) is 3.39. The highest BCUT2D eigenvalue weighted by molar-refractivity contribution is 7.80. The standard InChI is InChI=1S/C23H33N3O6S/c1-14-11-17(14)26(21(29)16(13-33)25-22(30)32-23(2,3)4)19(15-9-7-6-8-10-15)20(28)24-12-18(27)31-5/h6-10,14,16-17,19,33H,11-13H2,1-5H3,(H,24,28)(H,25,30). The van der Waals surface area contributed by atoms with Gasteiger partial charge in [-0.25, -0.2) is 4.79 Å². The second-order valence-electron chi connectivity index (χ2n) is 9.01. The van der Waals surface area contributed by atoms with E-state index in [1.807, 2.05) is 6.92 Å². The number of rotatable bonds is 9. The lowest BCUT2D eigenvalue weighted by Gasteiger charge is -2.34. The van der Waals surface area contributed by atoms with Gasteiger partial charge >= 0.3 is 12.1 Å². The van der Waals surface area contributed by atoms with E-state index in [-0.39, 0.29) is 24.3 Å². The molecule has 1 aliphatic rings. The molecular formula is C23H33N3O6S. The first-order valence-corrected chi connectivity index (χ1v) is 11.4. The van der Waals surface area contributed by atoms with E-state index in [0.29, 0.717) is 12.0 Å². The third kappa shape index (κ3) is 7.66. The summed E-state index contributed by atoms with van der Waals surface area (Å²) in [5.41, 5.74) is -0.151. The van der Waals surface area contributed by atoms with Crippen molar-refractivity contribution in [3.8, 4) is 0 Å². The van der Waals surface area contributed by atoms with Crippen LogP contribution in [0.25, 0.3) is 0 Å². The Labute approximate surface area is 200 Å². The number of methoxy groups -OCH3 is 1. The monoisotopic (exact) mass is 479 g/mol. The molecule has 1 aliphatic carbocycles. The average Bonchev–Trinajstić information content (AvgIpc) is 3.48. The number of carbonyl (C=O) groups is 4. The second kappa shape index (κ2) is 11.4. The molecule has 0 spiro atoms. The number of carbonyl (C=O) groups excluding carboxylic acids is 4. The van der Waals surface area contributed by atoms with Crippen LogP contribution in [0, 0.1) is 5.92 Å². The Morgan fingerprint density at radius 1 is 1.18 bits per heavy atom. The van der Waals surface area contributed by atoms with Crippen molar-refractivity contribution in [1.29, 1.82) is 0 Å². The predicted molar refractivity (Wildman–Crippen MR) is 126 cm³/mol. The molecule has 0 aromatic heterocycles. The van der Waals surface area contributed by atoms with Gasteiger partial charge in [0.25, 0.3) is 0 Å². The lowest BCUT2D eigenvalue weighted by atomic mass is 10.0. The van der Waals surface area contributed by atoms with E-state index in [4.69, 9.17) is 4.74 Å². The predicted octanol–water partition coefficient (Wildman–Crippen LogP) is 2.08. The Hall–Kier alpha value is -2.75. The van der Waals surface area contributed by atoms with Gasteiger partial charge in [0, 0.05) is 11.8 Å². The minimum atomic E-state index is -1.00. The number of hydrogen-bond donors (Lipinski definition) is 3. The first-order valence-electron chi connectivity index (χ1n) is 10.8. The van der Waals surface area contributed by atoms with Crippen molar-refractivity contribution in [3.63, 3.8) is 0 Å². The fraction of sp³-hybridized carbons (Fsp3) is 0.565. The molecule has 2 rings (SSSR count). The van der Waals surface area contributed by atoms with Gasteiger partial charge in [0.15, 0.2) is 0 Å². The van der Waals surface area contributed by atoms with Crippen molar-refractivity contribution in [1.82, 2.24) is 15.5 Å². The Bertz CT molecular complexity index is 858. The van der Waals surface area contributed by atoms with Crippen LogP contribution in [-0.2, 0) is 23.9 Å². The molecule has 0 heterocycles. The summed E-state index contributed by atoms with van der Waals surface area (Å²) in [6.07, 6.45) is -0.0319. The van der Waals surface area contributed by atoms with Gasteiger partial charge in [0.05, 0.1) is 7.11 Å². The van der Waals surface area contributed by atoms with Gasteiger partial charge in [-0.1, -0.05) is 37.3 Å². The van der Waals surface area contributed by atoms with Crippen molar-refractivity contribution in [2.45, 2.75) is 57.8 Å². The molecule has 10 heteroatoms. The van der Waals surface area contributed by atoms with Crippen molar-refractivity contribution in [3.05, 3.63) is 35.9 Å². The maximum atomic E-state index is 13.7. The van der Waals surface area contributed by atoms with Crippen molar-refractivity contribution >= 4 is 36.5 Å². The van der Waals surface area contributed by atoms with E-state index in [9.17, 15) is 19.2 Å². The van der Waals surface area contributed by atoms with E-state index in [1.54, 1.807) is 51.1 Å². The molecule has 0 aliphatic heterocycles. The number of amides is 3. The van der Waals surface area contributed by atoms with E-state index < -0.39 is 41.6 Å². The van der Waals surface area contributed by atoms with E-state index in [0.717, 1.165) is 0 Å². The Morgan fingerprint density at radius 3 is 2.27 bits per heavy atom. The summed E-state index contributed by atoms with van der Waals surface area (Å²) in [5.74, 6) is -1.38. The first kappa shape index (κ1) is 26.5. The zero-order chi connectivity index (χ0) is 24.8. The van der Waals surface area contributed by atoms with E-state index in [2.05, 4.69) is 28.0 Å². The SMILES string of the molecule is COC(=O)CNC(=O)C(c1ccccc1)N(C(=O)C(CS)NC(=O)OC(C)(C)C)C1CC1C. The van der Waals surface area contributed by atoms with Crippen molar-refractivity contribution < 1.29 is 28.7 Å². The molecule has 0 saturated heterocycles. The van der Waals surface area contributed by atoms with Gasteiger partial charge in [0.1, 0.15) is 24.2 Å². The second-order valence-corrected chi connectivity index (χ2v) is 9.38. The number of esters is 1. The van der Waals surface area contributed by atoms with Gasteiger partial charge in [-0.3, -0.25) is 14.4 Å². The number of hydrogen-bond acceptors (Lipinski definition) is 7. The summed E-state index contributed by atoms with van der Waals surface area (Å²) in [4.78, 5) is 52.3. The normalized spacial score (nSPS) is 19.0. The van der Waals surface area contributed by atoms with Crippen LogP contribution in [-0.4, -0.2) is 65.9 Å². The summed E-state index contributed by atoms with van der Waals surface area (Å²) in [6, 6.07) is 6.62. The number of ether oxygens (including phenoxy) is 2. The maximum Gasteiger partial charge on any atom is 0.408 e. The van der Waals surface area contributed by atoms with Crippen LogP contribution in [0.4, 0.5) is 4.79 Å². The highest BCUT2D eigenvalue weighted by atomic mass is 32.1.